The molecule has 20 heavy (non-hydrogen) atoms. The van der Waals surface area contributed by atoms with Crippen molar-refractivity contribution in [3.8, 4) is 0 Å². The maximum Gasteiger partial charge on any atom is 0.156 e. The Morgan fingerprint density at radius 3 is 2.40 bits per heavy atom. The van der Waals surface area contributed by atoms with Gasteiger partial charge in [-0.3, -0.25) is 0 Å². The van der Waals surface area contributed by atoms with Crippen molar-refractivity contribution in [1.29, 1.82) is 0 Å². The summed E-state index contributed by atoms with van der Waals surface area (Å²) in [5, 5.41) is 14.7. The van der Waals surface area contributed by atoms with E-state index in [4.69, 9.17) is 11.6 Å². The third-order valence-corrected chi connectivity index (χ3v) is 3.50. The van der Waals surface area contributed by atoms with E-state index in [-0.39, 0.29) is 0 Å². The molecule has 0 fully saturated rings. The first-order valence-electron chi connectivity index (χ1n) is 6.44. The zero-order chi connectivity index (χ0) is 13.9. The largest absolute Gasteiger partial charge is 0.364 e. The molecule has 0 saturated heterocycles. The third-order valence-electron chi connectivity index (χ3n) is 3.25. The van der Waals surface area contributed by atoms with Crippen molar-refractivity contribution in [3.05, 3.63) is 64.8 Å². The van der Waals surface area contributed by atoms with E-state index in [1.165, 1.54) is 0 Å². The van der Waals surface area contributed by atoms with Gasteiger partial charge in [0.1, 0.15) is 0 Å². The number of rotatable bonds is 3. The van der Waals surface area contributed by atoms with Crippen LogP contribution < -0.4 is 5.32 Å². The average molecular weight is 284 g/mol. The number of anilines is 1. The Labute approximate surface area is 122 Å². The Kier molecular flexibility index (Phi) is 3.52. The molecule has 0 atom stereocenters. The smallest absolute Gasteiger partial charge is 0.156 e. The minimum absolute atomic E-state index is 0.693. The van der Waals surface area contributed by atoms with E-state index in [0.29, 0.717) is 6.54 Å². The van der Waals surface area contributed by atoms with Crippen LogP contribution in [-0.2, 0) is 6.54 Å². The van der Waals surface area contributed by atoms with E-state index < -0.39 is 0 Å². The fraction of sp³-hybridized carbons (Fsp3) is 0.125. The highest BCUT2D eigenvalue weighted by Crippen LogP contribution is 2.22. The maximum atomic E-state index is 5.88. The second kappa shape index (κ2) is 5.47. The van der Waals surface area contributed by atoms with E-state index in [0.717, 1.165) is 32.9 Å². The van der Waals surface area contributed by atoms with Crippen LogP contribution in [-0.4, -0.2) is 10.2 Å². The lowest BCUT2D eigenvalue weighted by molar-refractivity contribution is 0.983. The van der Waals surface area contributed by atoms with Crippen molar-refractivity contribution in [2.24, 2.45) is 0 Å². The average Bonchev–Trinajstić information content (AvgIpc) is 2.49. The number of nitrogens with one attached hydrogen (secondary N) is 1. The predicted octanol–water partition coefficient (Wildman–Crippen LogP) is 4.20. The standard InChI is InChI=1S/C16H14ClN3/c1-11-14-4-2-3-5-15(14)16(20-19-11)18-10-12-6-8-13(17)9-7-12/h2-9H,10H2,1H3,(H,18,20). The summed E-state index contributed by atoms with van der Waals surface area (Å²) in [6.07, 6.45) is 0. The molecule has 0 saturated carbocycles. The number of hydrogen-bond acceptors (Lipinski definition) is 3. The molecule has 0 aliphatic carbocycles. The number of nitrogens with zero attached hydrogens (tertiary/aromatic N) is 2. The molecule has 3 aromatic rings. The summed E-state index contributed by atoms with van der Waals surface area (Å²) in [7, 11) is 0. The molecule has 2 aromatic carbocycles. The molecule has 100 valence electrons. The summed E-state index contributed by atoms with van der Waals surface area (Å²) in [6.45, 7) is 2.66. The molecule has 1 aromatic heterocycles. The first-order valence-corrected chi connectivity index (χ1v) is 6.82. The monoisotopic (exact) mass is 283 g/mol. The van der Waals surface area contributed by atoms with Gasteiger partial charge in [-0.15, -0.1) is 5.10 Å². The number of fused-ring (bicyclic) bond motifs is 1. The van der Waals surface area contributed by atoms with Gasteiger partial charge >= 0.3 is 0 Å². The van der Waals surface area contributed by atoms with E-state index in [1.54, 1.807) is 0 Å². The highest BCUT2D eigenvalue weighted by molar-refractivity contribution is 6.30. The Bertz CT molecular complexity index is 738. The summed E-state index contributed by atoms with van der Waals surface area (Å²) < 4.78 is 0. The van der Waals surface area contributed by atoms with E-state index in [9.17, 15) is 0 Å². The van der Waals surface area contributed by atoms with Crippen LogP contribution in [0.2, 0.25) is 5.02 Å². The SMILES string of the molecule is Cc1nnc(NCc2ccc(Cl)cc2)c2ccccc12. The first kappa shape index (κ1) is 12.9. The quantitative estimate of drug-likeness (QED) is 0.783. The Morgan fingerprint density at radius 2 is 1.65 bits per heavy atom. The summed E-state index contributed by atoms with van der Waals surface area (Å²) in [5.41, 5.74) is 2.10. The molecule has 3 nitrogen and oxygen atoms in total. The van der Waals surface area contributed by atoms with Crippen molar-refractivity contribution in [2.75, 3.05) is 5.32 Å². The fourth-order valence-electron chi connectivity index (χ4n) is 2.16. The number of hydrogen-bond donors (Lipinski definition) is 1. The molecule has 0 spiro atoms. The molecular formula is C16H14ClN3. The van der Waals surface area contributed by atoms with Crippen molar-refractivity contribution >= 4 is 28.2 Å². The normalized spacial score (nSPS) is 10.7. The van der Waals surface area contributed by atoms with Gasteiger partial charge in [0.2, 0.25) is 0 Å². The van der Waals surface area contributed by atoms with E-state index in [1.807, 2.05) is 43.3 Å². The lowest BCUT2D eigenvalue weighted by atomic mass is 10.1. The van der Waals surface area contributed by atoms with Crippen LogP contribution in [0.3, 0.4) is 0 Å². The molecule has 0 aliphatic heterocycles. The zero-order valence-corrected chi connectivity index (χ0v) is 11.9. The van der Waals surface area contributed by atoms with E-state index >= 15 is 0 Å². The lowest BCUT2D eigenvalue weighted by Gasteiger charge is -2.09. The Hall–Kier alpha value is -2.13. The minimum atomic E-state index is 0.693. The van der Waals surface area contributed by atoms with Gasteiger partial charge in [0, 0.05) is 22.3 Å². The van der Waals surface area contributed by atoms with Crippen LogP contribution >= 0.6 is 11.6 Å². The zero-order valence-electron chi connectivity index (χ0n) is 11.1. The number of halogens is 1. The molecule has 0 radical (unpaired) electrons. The molecule has 4 heteroatoms. The molecule has 1 N–H and O–H groups in total. The van der Waals surface area contributed by atoms with Crippen LogP contribution in [0.1, 0.15) is 11.3 Å². The van der Waals surface area contributed by atoms with E-state index in [2.05, 4.69) is 27.6 Å². The van der Waals surface area contributed by atoms with Crippen molar-refractivity contribution in [1.82, 2.24) is 10.2 Å². The second-order valence-corrected chi connectivity index (χ2v) is 5.10. The Balaban J connectivity index is 1.88. The summed E-state index contributed by atoms with van der Waals surface area (Å²) >= 11 is 5.88. The van der Waals surface area contributed by atoms with Gasteiger partial charge in [-0.1, -0.05) is 48.0 Å². The van der Waals surface area contributed by atoms with Gasteiger partial charge in [-0.25, -0.2) is 0 Å². The molecule has 0 amide bonds. The number of aryl methyl sites for hydroxylation is 1. The summed E-state index contributed by atoms with van der Waals surface area (Å²) in [6, 6.07) is 15.9. The summed E-state index contributed by atoms with van der Waals surface area (Å²) in [5.74, 6) is 0.807. The van der Waals surface area contributed by atoms with Gasteiger partial charge in [-0.2, -0.15) is 5.10 Å². The molecule has 0 aliphatic rings. The first-order chi connectivity index (χ1) is 9.74. The molecule has 0 unspecified atom stereocenters. The summed E-state index contributed by atoms with van der Waals surface area (Å²) in [4.78, 5) is 0. The molecule has 0 bridgehead atoms. The van der Waals surface area contributed by atoms with Gasteiger partial charge in [-0.05, 0) is 24.6 Å². The highest BCUT2D eigenvalue weighted by atomic mass is 35.5. The van der Waals surface area contributed by atoms with Crippen LogP contribution in [0.25, 0.3) is 10.8 Å². The maximum absolute atomic E-state index is 5.88. The van der Waals surface area contributed by atoms with Gasteiger partial charge in [0.15, 0.2) is 5.82 Å². The molecular weight excluding hydrogens is 270 g/mol. The van der Waals surface area contributed by atoms with Crippen molar-refractivity contribution in [3.63, 3.8) is 0 Å². The minimum Gasteiger partial charge on any atom is -0.364 e. The van der Waals surface area contributed by atoms with Crippen LogP contribution in [0, 0.1) is 6.92 Å². The third kappa shape index (κ3) is 2.58. The highest BCUT2D eigenvalue weighted by Gasteiger charge is 2.05. The fourth-order valence-corrected chi connectivity index (χ4v) is 2.28. The van der Waals surface area contributed by atoms with Crippen molar-refractivity contribution < 1.29 is 0 Å². The van der Waals surface area contributed by atoms with Gasteiger partial charge in [0.25, 0.3) is 0 Å². The molecule has 3 rings (SSSR count). The number of aromatic nitrogens is 2. The van der Waals surface area contributed by atoms with Crippen LogP contribution in [0.4, 0.5) is 5.82 Å². The number of benzene rings is 2. The van der Waals surface area contributed by atoms with Crippen molar-refractivity contribution in [2.45, 2.75) is 13.5 Å². The second-order valence-electron chi connectivity index (χ2n) is 4.66. The molecule has 1 heterocycles. The topological polar surface area (TPSA) is 37.8 Å². The van der Waals surface area contributed by atoms with Crippen LogP contribution in [0.5, 0.6) is 0 Å². The van der Waals surface area contributed by atoms with Gasteiger partial charge < -0.3 is 5.32 Å². The van der Waals surface area contributed by atoms with Gasteiger partial charge in [0.05, 0.1) is 5.69 Å². The van der Waals surface area contributed by atoms with Crippen LogP contribution in [0.15, 0.2) is 48.5 Å². The predicted molar refractivity (Wildman–Crippen MR) is 83.1 cm³/mol. The Morgan fingerprint density at radius 1 is 0.950 bits per heavy atom. The lowest BCUT2D eigenvalue weighted by Crippen LogP contribution is -2.04.